The summed E-state index contributed by atoms with van der Waals surface area (Å²) in [4.78, 5) is 8.30. The third-order valence-electron chi connectivity index (χ3n) is 2.08. The van der Waals surface area contributed by atoms with Gasteiger partial charge in [0.2, 0.25) is 0 Å². The number of halogens is 1. The number of methoxy groups -OCH3 is 1. The van der Waals surface area contributed by atoms with Gasteiger partial charge in [0.15, 0.2) is 0 Å². The third-order valence-corrected chi connectivity index (χ3v) is 3.53. The van der Waals surface area contributed by atoms with Crippen molar-refractivity contribution in [3.63, 3.8) is 0 Å². The Bertz CT molecular complexity index is 323. The number of nitrogens with zero attached hydrogens (tertiary/aromatic N) is 2. The molecule has 5 heteroatoms. The molecule has 0 spiro atoms. The summed E-state index contributed by atoms with van der Waals surface area (Å²) < 4.78 is 5.01. The van der Waals surface area contributed by atoms with Crippen molar-refractivity contribution in [1.29, 1.82) is 0 Å². The molecule has 1 aromatic rings. The van der Waals surface area contributed by atoms with Crippen LogP contribution in [0.3, 0.4) is 0 Å². The first-order chi connectivity index (χ1) is 7.79. The van der Waals surface area contributed by atoms with E-state index < -0.39 is 0 Å². The highest BCUT2D eigenvalue weighted by Crippen LogP contribution is 2.26. The van der Waals surface area contributed by atoms with Gasteiger partial charge in [-0.3, -0.25) is 0 Å². The number of aromatic nitrogens is 2. The van der Waals surface area contributed by atoms with Crippen LogP contribution in [0.15, 0.2) is 11.4 Å². The molecule has 0 bridgehead atoms. The Morgan fingerprint density at radius 1 is 1.44 bits per heavy atom. The number of rotatable bonds is 7. The molecule has 0 aliphatic rings. The first-order valence-electron chi connectivity index (χ1n) is 5.40. The van der Waals surface area contributed by atoms with Crippen molar-refractivity contribution in [3.05, 3.63) is 17.0 Å². The molecule has 1 aromatic heterocycles. The van der Waals surface area contributed by atoms with Crippen molar-refractivity contribution in [2.45, 2.75) is 31.2 Å². The first kappa shape index (κ1) is 13.7. The third kappa shape index (κ3) is 4.28. The highest BCUT2D eigenvalue weighted by Gasteiger charge is 2.09. The number of hydrogen-bond donors (Lipinski definition) is 0. The molecule has 16 heavy (non-hydrogen) atoms. The Morgan fingerprint density at radius 2 is 2.25 bits per heavy atom. The maximum atomic E-state index is 6.06. The van der Waals surface area contributed by atoms with E-state index in [1.54, 1.807) is 18.9 Å². The van der Waals surface area contributed by atoms with E-state index in [9.17, 15) is 0 Å². The maximum absolute atomic E-state index is 6.06. The fourth-order valence-corrected chi connectivity index (χ4v) is 2.57. The van der Waals surface area contributed by atoms with Crippen LogP contribution < -0.4 is 0 Å². The normalized spacial score (nSPS) is 10.7. The summed E-state index contributed by atoms with van der Waals surface area (Å²) in [5.74, 6) is 0.998. The zero-order chi connectivity index (χ0) is 11.8. The summed E-state index contributed by atoms with van der Waals surface area (Å²) in [6.07, 6.45) is 4.54. The first-order valence-corrected chi connectivity index (χ1v) is 6.77. The highest BCUT2D eigenvalue weighted by atomic mass is 35.5. The molecule has 1 rings (SSSR count). The van der Waals surface area contributed by atoms with Crippen molar-refractivity contribution >= 4 is 23.4 Å². The minimum Gasteiger partial charge on any atom is -0.385 e. The minimum absolute atomic E-state index is 0.589. The molecule has 90 valence electrons. The molecular weight excluding hydrogens is 244 g/mol. The van der Waals surface area contributed by atoms with E-state index in [0.29, 0.717) is 5.15 Å². The van der Waals surface area contributed by atoms with Crippen LogP contribution in [0.2, 0.25) is 5.15 Å². The van der Waals surface area contributed by atoms with Gasteiger partial charge in [0, 0.05) is 25.0 Å². The summed E-state index contributed by atoms with van der Waals surface area (Å²) >= 11 is 7.78. The largest absolute Gasteiger partial charge is 0.385 e. The van der Waals surface area contributed by atoms with E-state index in [2.05, 4.69) is 16.9 Å². The molecule has 0 radical (unpaired) electrons. The molecule has 3 nitrogen and oxygen atoms in total. The standard InChI is InChI=1S/C11H17ClN2OS/c1-3-5-9-10(12)13-8-14-11(9)16-7-4-6-15-2/h8H,3-7H2,1-2H3. The van der Waals surface area contributed by atoms with E-state index in [1.165, 1.54) is 6.33 Å². The Labute approximate surface area is 106 Å². The molecule has 0 atom stereocenters. The Balaban J connectivity index is 2.59. The van der Waals surface area contributed by atoms with Gasteiger partial charge in [-0.2, -0.15) is 0 Å². The van der Waals surface area contributed by atoms with Crippen molar-refractivity contribution < 1.29 is 4.74 Å². The lowest BCUT2D eigenvalue weighted by Gasteiger charge is -2.07. The predicted octanol–water partition coefficient (Wildman–Crippen LogP) is 3.21. The van der Waals surface area contributed by atoms with Crippen LogP contribution in [0.1, 0.15) is 25.3 Å². The summed E-state index contributed by atoms with van der Waals surface area (Å²) in [5, 5.41) is 1.60. The van der Waals surface area contributed by atoms with Gasteiger partial charge in [-0.05, 0) is 12.8 Å². The molecule has 0 aromatic carbocycles. The lowest BCUT2D eigenvalue weighted by Crippen LogP contribution is -1.97. The maximum Gasteiger partial charge on any atom is 0.136 e. The molecule has 0 amide bonds. The fraction of sp³-hybridized carbons (Fsp3) is 0.636. The van der Waals surface area contributed by atoms with Gasteiger partial charge in [0.05, 0.1) is 0 Å². The summed E-state index contributed by atoms with van der Waals surface area (Å²) in [5.41, 5.74) is 1.08. The van der Waals surface area contributed by atoms with Crippen LogP contribution in [0, 0.1) is 0 Å². The second-order valence-corrected chi connectivity index (χ2v) is 4.83. The lowest BCUT2D eigenvalue weighted by atomic mass is 10.2. The Kier molecular flexibility index (Phi) is 6.76. The zero-order valence-corrected chi connectivity index (χ0v) is 11.3. The van der Waals surface area contributed by atoms with Crippen LogP contribution in [-0.2, 0) is 11.2 Å². The molecule has 0 fully saturated rings. The van der Waals surface area contributed by atoms with Crippen LogP contribution in [0.25, 0.3) is 0 Å². The molecule has 0 N–H and O–H groups in total. The lowest BCUT2D eigenvalue weighted by molar-refractivity contribution is 0.200. The smallest absolute Gasteiger partial charge is 0.136 e. The van der Waals surface area contributed by atoms with E-state index in [-0.39, 0.29) is 0 Å². The van der Waals surface area contributed by atoms with E-state index in [0.717, 1.165) is 42.2 Å². The average molecular weight is 261 g/mol. The minimum atomic E-state index is 0.589. The van der Waals surface area contributed by atoms with Crippen LogP contribution in [0.5, 0.6) is 0 Å². The molecule has 1 heterocycles. The van der Waals surface area contributed by atoms with Gasteiger partial charge >= 0.3 is 0 Å². The van der Waals surface area contributed by atoms with Gasteiger partial charge in [0.25, 0.3) is 0 Å². The van der Waals surface area contributed by atoms with E-state index in [1.807, 2.05) is 0 Å². The molecule has 0 saturated heterocycles. The van der Waals surface area contributed by atoms with Gasteiger partial charge in [-0.25, -0.2) is 9.97 Å². The van der Waals surface area contributed by atoms with Crippen molar-refractivity contribution in [2.75, 3.05) is 19.5 Å². The summed E-state index contributed by atoms with van der Waals surface area (Å²) in [6, 6.07) is 0. The average Bonchev–Trinajstić information content (AvgIpc) is 2.29. The van der Waals surface area contributed by atoms with Crippen LogP contribution in [-0.4, -0.2) is 29.4 Å². The van der Waals surface area contributed by atoms with Gasteiger partial charge in [0.1, 0.15) is 16.5 Å². The van der Waals surface area contributed by atoms with Gasteiger partial charge < -0.3 is 4.74 Å². The number of thioether (sulfide) groups is 1. The monoisotopic (exact) mass is 260 g/mol. The fourth-order valence-electron chi connectivity index (χ4n) is 1.33. The summed E-state index contributed by atoms with van der Waals surface area (Å²) in [6.45, 7) is 2.91. The van der Waals surface area contributed by atoms with Crippen molar-refractivity contribution in [2.24, 2.45) is 0 Å². The second-order valence-electron chi connectivity index (χ2n) is 3.39. The number of hydrogen-bond acceptors (Lipinski definition) is 4. The summed E-state index contributed by atoms with van der Waals surface area (Å²) in [7, 11) is 1.72. The van der Waals surface area contributed by atoms with E-state index >= 15 is 0 Å². The molecule has 0 saturated carbocycles. The Hall–Kier alpha value is -0.320. The molecular formula is C11H17ClN2OS. The SMILES string of the molecule is CCCc1c(Cl)ncnc1SCCCOC. The predicted molar refractivity (Wildman–Crippen MR) is 68.3 cm³/mol. The molecule has 0 aliphatic carbocycles. The number of ether oxygens (including phenoxy) is 1. The van der Waals surface area contributed by atoms with Crippen LogP contribution in [0.4, 0.5) is 0 Å². The second kappa shape index (κ2) is 7.87. The zero-order valence-electron chi connectivity index (χ0n) is 9.70. The Morgan fingerprint density at radius 3 is 2.94 bits per heavy atom. The van der Waals surface area contributed by atoms with Crippen LogP contribution >= 0.6 is 23.4 Å². The topological polar surface area (TPSA) is 35.0 Å². The van der Waals surface area contributed by atoms with Crippen molar-refractivity contribution in [1.82, 2.24) is 9.97 Å². The van der Waals surface area contributed by atoms with Gasteiger partial charge in [-0.1, -0.05) is 24.9 Å². The quantitative estimate of drug-likeness (QED) is 0.428. The van der Waals surface area contributed by atoms with E-state index in [4.69, 9.17) is 16.3 Å². The van der Waals surface area contributed by atoms with Gasteiger partial charge in [-0.15, -0.1) is 11.8 Å². The van der Waals surface area contributed by atoms with Crippen molar-refractivity contribution in [3.8, 4) is 0 Å². The molecule has 0 aliphatic heterocycles. The molecule has 0 unspecified atom stereocenters. The highest BCUT2D eigenvalue weighted by molar-refractivity contribution is 7.99.